The van der Waals surface area contributed by atoms with Gasteiger partial charge >= 0.3 is 0 Å². The molecule has 208 valence electrons. The molecule has 6 aromatic rings. The highest BCUT2D eigenvalue weighted by molar-refractivity contribution is 6.14. The summed E-state index contributed by atoms with van der Waals surface area (Å²) < 4.78 is 6.19. The summed E-state index contributed by atoms with van der Waals surface area (Å²) in [4.78, 5) is 2.29. The van der Waals surface area contributed by atoms with E-state index >= 15 is 0 Å². The minimum atomic E-state index is 0.873. The molecule has 2 nitrogen and oxygen atoms in total. The van der Waals surface area contributed by atoms with Crippen molar-refractivity contribution in [3.05, 3.63) is 182 Å². The monoisotopic (exact) mass is 555 g/mol. The molecule has 2 heteroatoms. The van der Waals surface area contributed by atoms with Crippen LogP contribution in [-0.2, 0) is 0 Å². The van der Waals surface area contributed by atoms with Crippen molar-refractivity contribution in [3.63, 3.8) is 0 Å². The SMILES string of the molecule is C=C/C=C\C(=C/N(c1cccc(-c2ccccc2)c1)c1cccc2c1ccc1oc(C)c(/C=C\C=C)c12)c1ccccc1. The summed E-state index contributed by atoms with van der Waals surface area (Å²) in [7, 11) is 0. The van der Waals surface area contributed by atoms with Crippen molar-refractivity contribution in [2.24, 2.45) is 0 Å². The fourth-order valence-electron chi connectivity index (χ4n) is 5.56. The van der Waals surface area contributed by atoms with Crippen LogP contribution in [0.2, 0.25) is 0 Å². The van der Waals surface area contributed by atoms with Gasteiger partial charge in [0.2, 0.25) is 0 Å². The van der Waals surface area contributed by atoms with Crippen molar-refractivity contribution in [3.8, 4) is 11.1 Å². The number of nitrogens with zero attached hydrogens (tertiary/aromatic N) is 1. The fourth-order valence-corrected chi connectivity index (χ4v) is 5.56. The molecular weight excluding hydrogens is 522 g/mol. The summed E-state index contributed by atoms with van der Waals surface area (Å²) in [6.45, 7) is 9.80. The predicted molar refractivity (Wildman–Crippen MR) is 185 cm³/mol. The number of hydrogen-bond acceptors (Lipinski definition) is 2. The summed E-state index contributed by atoms with van der Waals surface area (Å²) in [5.41, 5.74) is 8.60. The third-order valence-corrected chi connectivity index (χ3v) is 7.59. The molecule has 0 amide bonds. The fraction of sp³-hybridized carbons (Fsp3) is 0.0244. The molecule has 0 saturated heterocycles. The molecule has 0 fully saturated rings. The van der Waals surface area contributed by atoms with Gasteiger partial charge in [-0.15, -0.1) is 0 Å². The van der Waals surface area contributed by atoms with E-state index in [0.29, 0.717) is 0 Å². The van der Waals surface area contributed by atoms with Gasteiger partial charge in [0, 0.05) is 28.2 Å². The van der Waals surface area contributed by atoms with Crippen molar-refractivity contribution in [1.29, 1.82) is 0 Å². The maximum absolute atomic E-state index is 6.19. The third-order valence-electron chi connectivity index (χ3n) is 7.59. The zero-order chi connectivity index (χ0) is 29.6. The molecule has 6 rings (SSSR count). The van der Waals surface area contributed by atoms with Gasteiger partial charge in [-0.2, -0.15) is 0 Å². The van der Waals surface area contributed by atoms with Gasteiger partial charge in [-0.3, -0.25) is 0 Å². The molecule has 5 aromatic carbocycles. The lowest BCUT2D eigenvalue weighted by Gasteiger charge is -2.25. The second-order valence-corrected chi connectivity index (χ2v) is 10.3. The highest BCUT2D eigenvalue weighted by Gasteiger charge is 2.17. The van der Waals surface area contributed by atoms with E-state index in [2.05, 4.69) is 140 Å². The summed E-state index contributed by atoms with van der Waals surface area (Å²) in [6.07, 6.45) is 14.0. The van der Waals surface area contributed by atoms with Crippen molar-refractivity contribution < 1.29 is 4.42 Å². The van der Waals surface area contributed by atoms with Crippen LogP contribution in [0.4, 0.5) is 11.4 Å². The standard InChI is InChI=1S/C41H33NO/c1-4-6-16-34(32-19-12-9-13-20-32)29-42(35-22-14-21-33(28-35)31-17-10-8-11-18-31)39-25-15-24-38-37(39)26-27-40-41(38)36(23-7-5-2)30(3)43-40/h4-29H,1-2H2,3H3/b16-6-,23-7-,34-29+. The van der Waals surface area contributed by atoms with Gasteiger partial charge in [0.15, 0.2) is 0 Å². The predicted octanol–water partition coefficient (Wildman–Crippen LogP) is 11.7. The maximum atomic E-state index is 6.19. The Hall–Kier alpha value is -5.60. The first-order valence-corrected chi connectivity index (χ1v) is 14.4. The molecule has 0 aliphatic carbocycles. The first kappa shape index (κ1) is 27.6. The molecule has 0 aliphatic rings. The quantitative estimate of drug-likeness (QED) is 0.165. The van der Waals surface area contributed by atoms with Gasteiger partial charge in [-0.25, -0.2) is 0 Å². The van der Waals surface area contributed by atoms with E-state index in [9.17, 15) is 0 Å². The van der Waals surface area contributed by atoms with Gasteiger partial charge in [-0.05, 0) is 64.9 Å². The lowest BCUT2D eigenvalue weighted by molar-refractivity contribution is 0.577. The molecule has 1 aromatic heterocycles. The molecule has 0 unspecified atom stereocenters. The van der Waals surface area contributed by atoms with Crippen molar-refractivity contribution in [2.75, 3.05) is 4.90 Å². The Labute approximate surface area is 253 Å². The Morgan fingerprint density at radius 2 is 1.42 bits per heavy atom. The van der Waals surface area contributed by atoms with Crippen LogP contribution in [0.1, 0.15) is 16.9 Å². The summed E-state index contributed by atoms with van der Waals surface area (Å²) in [5, 5.41) is 3.37. The molecule has 0 bridgehead atoms. The van der Waals surface area contributed by atoms with E-state index in [1.807, 2.05) is 37.3 Å². The Bertz CT molecular complexity index is 2010. The van der Waals surface area contributed by atoms with E-state index in [0.717, 1.165) is 61.1 Å². The molecule has 0 N–H and O–H groups in total. The first-order valence-electron chi connectivity index (χ1n) is 14.4. The van der Waals surface area contributed by atoms with Crippen LogP contribution in [0.3, 0.4) is 0 Å². The average Bonchev–Trinajstić information content (AvgIpc) is 3.39. The highest BCUT2D eigenvalue weighted by atomic mass is 16.3. The summed E-state index contributed by atoms with van der Waals surface area (Å²) in [6, 6.07) is 40.4. The van der Waals surface area contributed by atoms with Gasteiger partial charge in [0.05, 0.1) is 5.69 Å². The number of furan rings is 1. The minimum Gasteiger partial charge on any atom is -0.461 e. The lowest BCUT2D eigenvalue weighted by atomic mass is 9.99. The largest absolute Gasteiger partial charge is 0.461 e. The smallest absolute Gasteiger partial charge is 0.135 e. The van der Waals surface area contributed by atoms with E-state index < -0.39 is 0 Å². The number of fused-ring (bicyclic) bond motifs is 3. The van der Waals surface area contributed by atoms with Crippen LogP contribution in [0, 0.1) is 6.92 Å². The molecule has 1 heterocycles. The maximum Gasteiger partial charge on any atom is 0.135 e. The second-order valence-electron chi connectivity index (χ2n) is 10.3. The topological polar surface area (TPSA) is 16.4 Å². The van der Waals surface area contributed by atoms with E-state index in [-0.39, 0.29) is 0 Å². The Morgan fingerprint density at radius 3 is 2.19 bits per heavy atom. The van der Waals surface area contributed by atoms with E-state index in [1.54, 1.807) is 6.08 Å². The second kappa shape index (κ2) is 12.5. The van der Waals surface area contributed by atoms with Crippen LogP contribution < -0.4 is 4.90 Å². The highest BCUT2D eigenvalue weighted by Crippen LogP contribution is 2.40. The molecule has 0 aliphatic heterocycles. The third kappa shape index (κ3) is 5.64. The average molecular weight is 556 g/mol. The molecule has 0 atom stereocenters. The Morgan fingerprint density at radius 1 is 0.698 bits per heavy atom. The van der Waals surface area contributed by atoms with Crippen LogP contribution in [0.25, 0.3) is 44.5 Å². The normalized spacial score (nSPS) is 12.0. The molecule has 0 spiro atoms. The number of allylic oxidation sites excluding steroid dienone is 6. The van der Waals surface area contributed by atoms with Crippen LogP contribution >= 0.6 is 0 Å². The van der Waals surface area contributed by atoms with Gasteiger partial charge < -0.3 is 9.32 Å². The zero-order valence-electron chi connectivity index (χ0n) is 24.3. The van der Waals surface area contributed by atoms with E-state index in [4.69, 9.17) is 4.42 Å². The first-order chi connectivity index (χ1) is 21.2. The number of aryl methyl sites for hydroxylation is 1. The minimum absolute atomic E-state index is 0.873. The Kier molecular flexibility index (Phi) is 8.02. The van der Waals surface area contributed by atoms with Crippen LogP contribution in [0.5, 0.6) is 0 Å². The van der Waals surface area contributed by atoms with Gasteiger partial charge in [0.1, 0.15) is 11.3 Å². The molecule has 43 heavy (non-hydrogen) atoms. The number of rotatable bonds is 9. The lowest BCUT2D eigenvalue weighted by Crippen LogP contribution is -2.10. The van der Waals surface area contributed by atoms with Crippen molar-refractivity contribution >= 4 is 44.8 Å². The summed E-state index contributed by atoms with van der Waals surface area (Å²) >= 11 is 0. The van der Waals surface area contributed by atoms with Crippen LogP contribution in [0.15, 0.2) is 169 Å². The van der Waals surface area contributed by atoms with Crippen molar-refractivity contribution in [1.82, 2.24) is 0 Å². The van der Waals surface area contributed by atoms with Gasteiger partial charge in [-0.1, -0.05) is 135 Å². The Balaban J connectivity index is 1.63. The van der Waals surface area contributed by atoms with Crippen molar-refractivity contribution in [2.45, 2.75) is 6.92 Å². The van der Waals surface area contributed by atoms with Gasteiger partial charge in [0.25, 0.3) is 0 Å². The van der Waals surface area contributed by atoms with E-state index in [1.165, 1.54) is 5.56 Å². The summed E-state index contributed by atoms with van der Waals surface area (Å²) in [5.74, 6) is 0.888. The number of benzene rings is 5. The number of anilines is 2. The number of hydrogen-bond donors (Lipinski definition) is 0. The van der Waals surface area contributed by atoms with Crippen LogP contribution in [-0.4, -0.2) is 0 Å². The molecule has 0 saturated carbocycles. The zero-order valence-corrected chi connectivity index (χ0v) is 24.3. The molecule has 0 radical (unpaired) electrons. The molecular formula is C41H33NO.